The molecule has 0 aromatic carbocycles. The van der Waals surface area contributed by atoms with Crippen LogP contribution in [0.2, 0.25) is 0 Å². The molecule has 70 valence electrons. The van der Waals surface area contributed by atoms with E-state index >= 15 is 0 Å². The van der Waals surface area contributed by atoms with E-state index in [0.29, 0.717) is 6.54 Å². The molecular weight excluding hydrogens is 157 g/mol. The highest BCUT2D eigenvalue weighted by Gasteiger charge is 2.25. The lowest BCUT2D eigenvalue weighted by atomic mass is 10.1. The van der Waals surface area contributed by atoms with Gasteiger partial charge in [0.15, 0.2) is 5.67 Å². The fourth-order valence-electron chi connectivity index (χ4n) is 0.558. The molecule has 0 unspecified atom stereocenters. The second-order valence-electron chi connectivity index (χ2n) is 3.46. The molecule has 0 aromatic rings. The molecule has 0 aliphatic heterocycles. The van der Waals surface area contributed by atoms with Gasteiger partial charge >= 0.3 is 0 Å². The summed E-state index contributed by atoms with van der Waals surface area (Å²) in [6.07, 6.45) is 1.84. The van der Waals surface area contributed by atoms with Crippen molar-refractivity contribution in [1.82, 2.24) is 5.32 Å². The van der Waals surface area contributed by atoms with Crippen LogP contribution in [0, 0.1) is 0 Å². The van der Waals surface area contributed by atoms with Gasteiger partial charge in [0.1, 0.15) is 0 Å². The molecule has 0 rings (SSSR count). The number of carbonyl (C=O) groups excluding carboxylic acids is 1. The quantitative estimate of drug-likeness (QED) is 0.648. The number of hydrogen-bond donors (Lipinski definition) is 1. The van der Waals surface area contributed by atoms with Crippen molar-refractivity contribution in [3.63, 3.8) is 0 Å². The molecular formula is C9H16FNO. The number of hydrogen-bond acceptors (Lipinski definition) is 1. The number of nitrogens with one attached hydrogen (secondary N) is 1. The summed E-state index contributed by atoms with van der Waals surface area (Å²) in [7, 11) is 0. The zero-order chi connectivity index (χ0) is 9.78. The van der Waals surface area contributed by atoms with Gasteiger partial charge in [0, 0.05) is 6.54 Å². The second-order valence-corrected chi connectivity index (χ2v) is 3.46. The van der Waals surface area contributed by atoms with Gasteiger partial charge in [-0.05, 0) is 27.7 Å². The highest BCUT2D eigenvalue weighted by molar-refractivity contribution is 5.84. The average molecular weight is 173 g/mol. The van der Waals surface area contributed by atoms with Crippen molar-refractivity contribution in [2.75, 3.05) is 6.54 Å². The van der Waals surface area contributed by atoms with Crippen LogP contribution in [0.25, 0.3) is 0 Å². The minimum atomic E-state index is -1.78. The van der Waals surface area contributed by atoms with E-state index in [9.17, 15) is 9.18 Å². The summed E-state index contributed by atoms with van der Waals surface area (Å²) >= 11 is 0. The van der Waals surface area contributed by atoms with E-state index in [2.05, 4.69) is 5.32 Å². The highest BCUT2D eigenvalue weighted by Crippen LogP contribution is 2.06. The lowest BCUT2D eigenvalue weighted by molar-refractivity contribution is -0.130. The third-order valence-corrected chi connectivity index (χ3v) is 1.31. The summed E-state index contributed by atoms with van der Waals surface area (Å²) in [5, 5.41) is 2.46. The average Bonchev–Trinajstić information content (AvgIpc) is 1.84. The first-order chi connectivity index (χ1) is 5.34. The number of alkyl halides is 1. The lowest BCUT2D eigenvalue weighted by Gasteiger charge is -2.12. The van der Waals surface area contributed by atoms with E-state index in [1.165, 1.54) is 13.8 Å². The van der Waals surface area contributed by atoms with Gasteiger partial charge < -0.3 is 5.32 Å². The van der Waals surface area contributed by atoms with Gasteiger partial charge in [0.25, 0.3) is 5.91 Å². The first kappa shape index (κ1) is 11.1. The molecule has 0 spiro atoms. The molecule has 0 aliphatic rings. The first-order valence-corrected chi connectivity index (χ1v) is 3.94. The van der Waals surface area contributed by atoms with E-state index in [0.717, 1.165) is 5.57 Å². The third-order valence-electron chi connectivity index (χ3n) is 1.31. The molecule has 0 aliphatic carbocycles. The van der Waals surface area contributed by atoms with Crippen molar-refractivity contribution >= 4 is 5.91 Å². The van der Waals surface area contributed by atoms with E-state index in [-0.39, 0.29) is 0 Å². The predicted octanol–water partition coefficient (Wildman–Crippen LogP) is 1.82. The summed E-state index contributed by atoms with van der Waals surface area (Å²) in [5.41, 5.74) is -0.679. The van der Waals surface area contributed by atoms with Gasteiger partial charge in [-0.25, -0.2) is 4.39 Å². The Balaban J connectivity index is 3.82. The monoisotopic (exact) mass is 173 g/mol. The van der Waals surface area contributed by atoms with Gasteiger partial charge in [-0.1, -0.05) is 11.6 Å². The Hall–Kier alpha value is -0.860. The molecule has 0 atom stereocenters. The molecule has 0 fully saturated rings. The molecule has 2 nitrogen and oxygen atoms in total. The molecule has 0 saturated carbocycles. The van der Waals surface area contributed by atoms with Crippen LogP contribution in [0.4, 0.5) is 4.39 Å². The van der Waals surface area contributed by atoms with Crippen LogP contribution < -0.4 is 5.32 Å². The summed E-state index contributed by atoms with van der Waals surface area (Å²) in [6, 6.07) is 0. The Morgan fingerprint density at radius 3 is 2.33 bits per heavy atom. The SMILES string of the molecule is CC(C)=CCNC(=O)C(C)(C)F. The molecule has 3 heteroatoms. The minimum Gasteiger partial charge on any atom is -0.350 e. The maximum absolute atomic E-state index is 12.9. The largest absolute Gasteiger partial charge is 0.350 e. The van der Waals surface area contributed by atoms with Crippen LogP contribution in [0.3, 0.4) is 0 Å². The van der Waals surface area contributed by atoms with Gasteiger partial charge in [-0.2, -0.15) is 0 Å². The van der Waals surface area contributed by atoms with E-state index in [1.54, 1.807) is 0 Å². The Morgan fingerprint density at radius 1 is 1.50 bits per heavy atom. The standard InChI is InChI=1S/C9H16FNO/c1-7(2)5-6-11-8(12)9(3,4)10/h5H,6H2,1-4H3,(H,11,12). The molecule has 0 radical (unpaired) electrons. The van der Waals surface area contributed by atoms with Gasteiger partial charge in [0.2, 0.25) is 0 Å². The summed E-state index contributed by atoms with van der Waals surface area (Å²) in [5.74, 6) is -0.569. The number of carbonyl (C=O) groups is 1. The Kier molecular flexibility index (Phi) is 3.93. The zero-order valence-corrected chi connectivity index (χ0v) is 8.07. The van der Waals surface area contributed by atoms with Crippen molar-refractivity contribution in [3.05, 3.63) is 11.6 Å². The normalized spacial score (nSPS) is 10.8. The molecule has 0 saturated heterocycles. The van der Waals surface area contributed by atoms with Crippen LogP contribution in [0.15, 0.2) is 11.6 Å². The van der Waals surface area contributed by atoms with Crippen LogP contribution >= 0.6 is 0 Å². The Bertz CT molecular complexity index is 187. The number of allylic oxidation sites excluding steroid dienone is 1. The smallest absolute Gasteiger partial charge is 0.257 e. The van der Waals surface area contributed by atoms with E-state index in [4.69, 9.17) is 0 Å². The van der Waals surface area contributed by atoms with Gasteiger partial charge in [0.05, 0.1) is 0 Å². The second kappa shape index (κ2) is 4.24. The molecule has 0 heterocycles. The molecule has 12 heavy (non-hydrogen) atoms. The zero-order valence-electron chi connectivity index (χ0n) is 8.07. The van der Waals surface area contributed by atoms with Gasteiger partial charge in [-0.3, -0.25) is 4.79 Å². The van der Waals surface area contributed by atoms with Crippen molar-refractivity contribution in [2.45, 2.75) is 33.4 Å². The van der Waals surface area contributed by atoms with E-state index < -0.39 is 11.6 Å². The lowest BCUT2D eigenvalue weighted by Crippen LogP contribution is -2.38. The molecule has 1 N–H and O–H groups in total. The van der Waals surface area contributed by atoms with Crippen molar-refractivity contribution in [1.29, 1.82) is 0 Å². The minimum absolute atomic E-state index is 0.397. The fraction of sp³-hybridized carbons (Fsp3) is 0.667. The number of amides is 1. The number of halogens is 1. The maximum Gasteiger partial charge on any atom is 0.257 e. The van der Waals surface area contributed by atoms with E-state index in [1.807, 2.05) is 19.9 Å². The summed E-state index contributed by atoms with van der Waals surface area (Å²) in [4.78, 5) is 10.9. The third kappa shape index (κ3) is 4.88. The summed E-state index contributed by atoms with van der Waals surface area (Å²) < 4.78 is 12.9. The molecule has 0 aromatic heterocycles. The molecule has 0 bridgehead atoms. The fourth-order valence-corrected chi connectivity index (χ4v) is 0.558. The van der Waals surface area contributed by atoms with Crippen LogP contribution in [0.5, 0.6) is 0 Å². The van der Waals surface area contributed by atoms with Crippen molar-refractivity contribution < 1.29 is 9.18 Å². The molecule has 1 amide bonds. The number of rotatable bonds is 3. The predicted molar refractivity (Wildman–Crippen MR) is 47.6 cm³/mol. The summed E-state index contributed by atoms with van der Waals surface area (Å²) in [6.45, 7) is 6.73. The maximum atomic E-state index is 12.9. The highest BCUT2D eigenvalue weighted by atomic mass is 19.1. The van der Waals surface area contributed by atoms with Crippen molar-refractivity contribution in [2.24, 2.45) is 0 Å². The van der Waals surface area contributed by atoms with Crippen LogP contribution in [-0.2, 0) is 4.79 Å². The first-order valence-electron chi connectivity index (χ1n) is 3.94. The van der Waals surface area contributed by atoms with Crippen LogP contribution in [-0.4, -0.2) is 18.1 Å². The van der Waals surface area contributed by atoms with Gasteiger partial charge in [-0.15, -0.1) is 0 Å². The topological polar surface area (TPSA) is 29.1 Å². The van der Waals surface area contributed by atoms with Crippen molar-refractivity contribution in [3.8, 4) is 0 Å². The Morgan fingerprint density at radius 2 is 2.00 bits per heavy atom. The Labute approximate surface area is 72.8 Å². The van der Waals surface area contributed by atoms with Crippen LogP contribution in [0.1, 0.15) is 27.7 Å².